The molecule has 0 saturated carbocycles. The number of ether oxygens (including phenoxy) is 2. The average molecular weight is 257 g/mol. The van der Waals surface area contributed by atoms with Crippen LogP contribution in [0.1, 0.15) is 12.5 Å². The molecule has 0 amide bonds. The number of rotatable bonds is 7. The molecule has 0 bridgehead atoms. The van der Waals surface area contributed by atoms with Gasteiger partial charge in [-0.05, 0) is 37.5 Å². The Hall–Kier alpha value is -1.23. The monoisotopic (exact) mass is 257 g/mol. The van der Waals surface area contributed by atoms with Crippen molar-refractivity contribution >= 4 is 10.7 Å². The Labute approximate surface area is 104 Å². The average Bonchev–Trinajstić information content (AvgIpc) is 2.29. The highest BCUT2D eigenvalue weighted by atomic mass is 32.2. The highest BCUT2D eigenvalue weighted by Crippen LogP contribution is 2.28. The summed E-state index contributed by atoms with van der Waals surface area (Å²) in [5.41, 5.74) is 1.01. The molecule has 0 aliphatic heterocycles. The second-order valence-electron chi connectivity index (χ2n) is 3.43. The molecule has 1 rings (SSSR count). The van der Waals surface area contributed by atoms with Crippen LogP contribution in [-0.4, -0.2) is 27.9 Å². The summed E-state index contributed by atoms with van der Waals surface area (Å²) >= 11 is 0. The summed E-state index contributed by atoms with van der Waals surface area (Å²) in [5.74, 6) is 1.48. The zero-order chi connectivity index (χ0) is 12.7. The molecular weight excluding hydrogens is 240 g/mol. The fourth-order valence-corrected chi connectivity index (χ4v) is 1.79. The molecular formula is C12H17O4S. The van der Waals surface area contributed by atoms with Crippen LogP contribution in [0.2, 0.25) is 0 Å². The van der Waals surface area contributed by atoms with Gasteiger partial charge in [-0.2, -0.15) is 0 Å². The molecule has 0 saturated heterocycles. The number of hydrogen-bond acceptors (Lipinski definition) is 4. The predicted molar refractivity (Wildman–Crippen MR) is 67.3 cm³/mol. The van der Waals surface area contributed by atoms with Crippen LogP contribution in [0.15, 0.2) is 18.2 Å². The van der Waals surface area contributed by atoms with Crippen molar-refractivity contribution in [1.29, 1.82) is 0 Å². The number of thiol groups is 1. The van der Waals surface area contributed by atoms with Crippen LogP contribution < -0.4 is 9.47 Å². The second-order valence-corrected chi connectivity index (χ2v) is 4.46. The van der Waals surface area contributed by atoms with Gasteiger partial charge in [0.05, 0.1) is 19.5 Å². The molecule has 4 nitrogen and oxygen atoms in total. The quantitative estimate of drug-likeness (QED) is 0.751. The lowest BCUT2D eigenvalue weighted by atomic mass is 10.1. The lowest BCUT2D eigenvalue weighted by Crippen LogP contribution is -1.98. The van der Waals surface area contributed by atoms with Crippen molar-refractivity contribution in [2.75, 3.05) is 19.5 Å². The molecule has 17 heavy (non-hydrogen) atoms. The van der Waals surface area contributed by atoms with Gasteiger partial charge in [-0.15, -0.1) is 0 Å². The zero-order valence-electron chi connectivity index (χ0n) is 10.0. The first kappa shape index (κ1) is 13.8. The van der Waals surface area contributed by atoms with E-state index in [1.807, 2.05) is 25.1 Å². The van der Waals surface area contributed by atoms with E-state index in [1.165, 1.54) is 0 Å². The van der Waals surface area contributed by atoms with Gasteiger partial charge in [-0.25, -0.2) is 8.42 Å². The van der Waals surface area contributed by atoms with Gasteiger partial charge < -0.3 is 9.47 Å². The Morgan fingerprint density at radius 2 is 2.06 bits per heavy atom. The molecule has 0 heterocycles. The number of hydrogen-bond donors (Lipinski definition) is 1. The summed E-state index contributed by atoms with van der Waals surface area (Å²) in [7, 11) is -0.743. The van der Waals surface area contributed by atoms with Gasteiger partial charge in [-0.3, -0.25) is 0 Å². The first-order chi connectivity index (χ1) is 8.17. The van der Waals surface area contributed by atoms with Crippen molar-refractivity contribution in [3.05, 3.63) is 30.2 Å². The Morgan fingerprint density at radius 3 is 2.65 bits per heavy atom. The summed E-state index contributed by atoms with van der Waals surface area (Å²) in [4.78, 5) is 0. The van der Waals surface area contributed by atoms with Crippen molar-refractivity contribution in [1.82, 2.24) is 0 Å². The van der Waals surface area contributed by atoms with Crippen LogP contribution >= 0.6 is 0 Å². The minimum absolute atomic E-state index is 0.103. The van der Waals surface area contributed by atoms with Gasteiger partial charge in [0.25, 0.3) is 0 Å². The van der Waals surface area contributed by atoms with Crippen molar-refractivity contribution in [3.8, 4) is 11.5 Å². The second kappa shape index (κ2) is 7.17. The van der Waals surface area contributed by atoms with Crippen molar-refractivity contribution in [2.24, 2.45) is 0 Å². The maximum absolute atomic E-state index is 10.4. The van der Waals surface area contributed by atoms with E-state index in [-0.39, 0.29) is 5.75 Å². The lowest BCUT2D eigenvalue weighted by molar-refractivity contribution is 0.310. The van der Waals surface area contributed by atoms with Crippen LogP contribution in [0.5, 0.6) is 11.5 Å². The summed E-state index contributed by atoms with van der Waals surface area (Å²) in [6.45, 7) is 2.47. The molecule has 0 N–H and O–H groups in total. The lowest BCUT2D eigenvalue weighted by Gasteiger charge is -2.10. The van der Waals surface area contributed by atoms with Gasteiger partial charge >= 0.3 is 0 Å². The van der Waals surface area contributed by atoms with E-state index in [9.17, 15) is 8.42 Å². The van der Waals surface area contributed by atoms with E-state index in [4.69, 9.17) is 9.47 Å². The minimum atomic E-state index is -2.33. The molecule has 1 aromatic rings. The third kappa shape index (κ3) is 4.65. The van der Waals surface area contributed by atoms with Crippen molar-refractivity contribution in [3.63, 3.8) is 0 Å². The normalized spacial score (nSPS) is 10.5. The van der Waals surface area contributed by atoms with Crippen LogP contribution in [0, 0.1) is 6.42 Å². The van der Waals surface area contributed by atoms with E-state index in [0.717, 1.165) is 5.56 Å². The number of methoxy groups -OCH3 is 1. The van der Waals surface area contributed by atoms with Gasteiger partial charge in [-0.1, -0.05) is 6.07 Å². The van der Waals surface area contributed by atoms with E-state index < -0.39 is 10.7 Å². The van der Waals surface area contributed by atoms with Crippen LogP contribution in [0.25, 0.3) is 0 Å². The molecule has 0 fully saturated rings. The highest BCUT2D eigenvalue weighted by Gasteiger charge is 2.05. The van der Waals surface area contributed by atoms with E-state index >= 15 is 0 Å². The van der Waals surface area contributed by atoms with Crippen molar-refractivity contribution < 1.29 is 17.9 Å². The summed E-state index contributed by atoms with van der Waals surface area (Å²) in [5, 5.41) is 0. The molecule has 5 heteroatoms. The standard InChI is InChI=1S/C12H17O4S/c1-3-16-12-9-10(5-4-8-17(13)14)6-7-11(12)15-2/h4,6-7,9,17H,3,5,8H2,1-2H3. The molecule has 0 aromatic heterocycles. The van der Waals surface area contributed by atoms with E-state index in [0.29, 0.717) is 24.5 Å². The van der Waals surface area contributed by atoms with Gasteiger partial charge in [0, 0.05) is 0 Å². The predicted octanol–water partition coefficient (Wildman–Crippen LogP) is 1.45. The van der Waals surface area contributed by atoms with Gasteiger partial charge in [0.1, 0.15) is 10.7 Å². The molecule has 0 aliphatic carbocycles. The molecule has 0 unspecified atom stereocenters. The highest BCUT2D eigenvalue weighted by molar-refractivity contribution is 7.72. The largest absolute Gasteiger partial charge is 0.493 e. The first-order valence-corrected chi connectivity index (χ1v) is 6.76. The fraction of sp³-hybridized carbons (Fsp3) is 0.417. The molecule has 95 valence electrons. The molecule has 1 radical (unpaired) electrons. The Bertz CT molecular complexity index is 419. The number of benzene rings is 1. The van der Waals surface area contributed by atoms with Crippen molar-refractivity contribution in [2.45, 2.75) is 13.3 Å². The topological polar surface area (TPSA) is 52.6 Å². The summed E-state index contributed by atoms with van der Waals surface area (Å²) in [6.07, 6.45) is 2.33. The van der Waals surface area contributed by atoms with Gasteiger partial charge in [0.15, 0.2) is 11.5 Å². The molecule has 0 atom stereocenters. The summed E-state index contributed by atoms with van der Waals surface area (Å²) < 4.78 is 31.4. The van der Waals surface area contributed by atoms with Crippen LogP contribution in [0.4, 0.5) is 0 Å². The SMILES string of the molecule is CCOc1cc(C[CH]C[SH](=O)=O)ccc1OC. The molecule has 0 aliphatic rings. The summed E-state index contributed by atoms with van der Waals surface area (Å²) in [6, 6.07) is 5.60. The Kier molecular flexibility index (Phi) is 5.83. The van der Waals surface area contributed by atoms with Crippen LogP contribution in [0.3, 0.4) is 0 Å². The van der Waals surface area contributed by atoms with E-state index in [1.54, 1.807) is 13.5 Å². The molecule has 0 spiro atoms. The third-order valence-corrected chi connectivity index (χ3v) is 2.74. The zero-order valence-corrected chi connectivity index (χ0v) is 10.9. The Balaban J connectivity index is 2.70. The maximum atomic E-state index is 10.4. The van der Waals surface area contributed by atoms with E-state index in [2.05, 4.69) is 0 Å². The van der Waals surface area contributed by atoms with Gasteiger partial charge in [0.2, 0.25) is 0 Å². The maximum Gasteiger partial charge on any atom is 0.161 e. The molecule has 1 aromatic carbocycles. The fourth-order valence-electron chi connectivity index (χ4n) is 1.45. The first-order valence-electron chi connectivity index (χ1n) is 5.40. The minimum Gasteiger partial charge on any atom is -0.493 e. The van der Waals surface area contributed by atoms with Crippen LogP contribution in [-0.2, 0) is 17.1 Å². The Morgan fingerprint density at radius 1 is 1.29 bits per heavy atom. The smallest absolute Gasteiger partial charge is 0.161 e. The third-order valence-electron chi connectivity index (χ3n) is 2.19.